The molecule has 0 amide bonds. The summed E-state index contributed by atoms with van der Waals surface area (Å²) in [5.41, 5.74) is 0.520. The Kier molecular flexibility index (Phi) is 5.36. The number of nitriles is 1. The van der Waals surface area contributed by atoms with Crippen LogP contribution in [0.15, 0.2) is 53.5 Å². The molecule has 0 bridgehead atoms. The molecule has 0 saturated carbocycles. The molecule has 3 rings (SSSR count). The van der Waals surface area contributed by atoms with Crippen LogP contribution in [0.5, 0.6) is 5.75 Å². The van der Waals surface area contributed by atoms with Gasteiger partial charge in [0, 0.05) is 31.2 Å². The molecule has 1 heterocycles. The number of halogens is 2. The maximum Gasteiger partial charge on any atom is 0.308 e. The lowest BCUT2D eigenvalue weighted by Gasteiger charge is -2.36. The number of rotatable bonds is 2. The lowest BCUT2D eigenvalue weighted by atomic mass is 10.2. The van der Waals surface area contributed by atoms with E-state index in [1.807, 2.05) is 28.0 Å². The molecule has 1 saturated heterocycles. The second-order valence-corrected chi connectivity index (χ2v) is 5.92. The van der Waals surface area contributed by atoms with Crippen molar-refractivity contribution in [1.29, 1.82) is 5.26 Å². The minimum Gasteiger partial charge on any atom is -0.425 e. The molecule has 0 unspecified atom stereocenters. The van der Waals surface area contributed by atoms with Gasteiger partial charge < -0.3 is 14.5 Å². The molecule has 1 fully saturated rings. The van der Waals surface area contributed by atoms with Crippen LogP contribution in [0.25, 0.3) is 0 Å². The highest BCUT2D eigenvalue weighted by molar-refractivity contribution is 6.30. The van der Waals surface area contributed by atoms with E-state index in [1.54, 1.807) is 30.5 Å². The Labute approximate surface area is 150 Å². The Bertz CT molecular complexity index is 798. The van der Waals surface area contributed by atoms with Crippen LogP contribution in [0, 0.1) is 17.3 Å². The Hall–Kier alpha value is -2.78. The Morgan fingerprint density at radius 2 is 1.84 bits per heavy atom. The van der Waals surface area contributed by atoms with Crippen molar-refractivity contribution < 1.29 is 9.13 Å². The van der Waals surface area contributed by atoms with Crippen LogP contribution in [0.4, 0.5) is 10.1 Å². The molecular weight excluding hydrogens is 343 g/mol. The molecule has 0 radical (unpaired) electrons. The van der Waals surface area contributed by atoms with Crippen LogP contribution in [0.1, 0.15) is 0 Å². The van der Waals surface area contributed by atoms with Crippen molar-refractivity contribution in [2.24, 2.45) is 4.99 Å². The van der Waals surface area contributed by atoms with Gasteiger partial charge in [-0.05, 0) is 30.3 Å². The third-order valence-electron chi connectivity index (χ3n) is 3.90. The Morgan fingerprint density at radius 3 is 2.48 bits per heavy atom. The van der Waals surface area contributed by atoms with Gasteiger partial charge in [-0.3, -0.25) is 0 Å². The Morgan fingerprint density at radius 1 is 1.12 bits per heavy atom. The van der Waals surface area contributed by atoms with Crippen LogP contribution in [-0.4, -0.2) is 37.1 Å². The van der Waals surface area contributed by atoms with Crippen molar-refractivity contribution in [2.75, 3.05) is 31.1 Å². The number of amidine groups is 1. The van der Waals surface area contributed by atoms with E-state index in [-0.39, 0.29) is 11.8 Å². The monoisotopic (exact) mass is 358 g/mol. The smallest absolute Gasteiger partial charge is 0.308 e. The lowest BCUT2D eigenvalue weighted by Crippen LogP contribution is -2.50. The van der Waals surface area contributed by atoms with Crippen molar-refractivity contribution in [3.63, 3.8) is 0 Å². The predicted octanol–water partition coefficient (Wildman–Crippen LogP) is 3.52. The van der Waals surface area contributed by atoms with Gasteiger partial charge in [-0.1, -0.05) is 29.8 Å². The van der Waals surface area contributed by atoms with E-state index in [9.17, 15) is 4.39 Å². The van der Waals surface area contributed by atoms with Gasteiger partial charge in [0.2, 0.25) is 6.19 Å². The zero-order valence-corrected chi connectivity index (χ0v) is 14.2. The molecule has 0 N–H and O–H groups in total. The van der Waals surface area contributed by atoms with Gasteiger partial charge in [0.1, 0.15) is 11.6 Å². The zero-order chi connectivity index (χ0) is 17.6. The zero-order valence-electron chi connectivity index (χ0n) is 13.4. The number of anilines is 1. The summed E-state index contributed by atoms with van der Waals surface area (Å²) < 4.78 is 19.8. The fraction of sp³-hybridized carbons (Fsp3) is 0.222. The van der Waals surface area contributed by atoms with E-state index in [0.29, 0.717) is 42.6 Å². The number of aliphatic imine (C=N–C) groups is 1. The first kappa shape index (κ1) is 17.1. The number of piperazine rings is 1. The van der Waals surface area contributed by atoms with Crippen LogP contribution in [0.3, 0.4) is 0 Å². The molecule has 1 aliphatic rings. The highest BCUT2D eigenvalue weighted by atomic mass is 35.5. The van der Waals surface area contributed by atoms with E-state index in [4.69, 9.17) is 21.6 Å². The number of hydrogen-bond donors (Lipinski definition) is 0. The average molecular weight is 359 g/mol. The number of para-hydroxylation sites is 1. The third kappa shape index (κ3) is 4.20. The van der Waals surface area contributed by atoms with Gasteiger partial charge in [0.15, 0.2) is 0 Å². The lowest BCUT2D eigenvalue weighted by molar-refractivity contribution is 0.320. The first-order valence-corrected chi connectivity index (χ1v) is 8.20. The SMILES string of the molecule is N#C/N=C(/Oc1ccccc1)N1CCN(c2ccc(Cl)cc2F)CC1. The van der Waals surface area contributed by atoms with Gasteiger partial charge in [0.25, 0.3) is 0 Å². The van der Waals surface area contributed by atoms with Crippen molar-refractivity contribution in [2.45, 2.75) is 0 Å². The molecule has 0 aliphatic carbocycles. The largest absolute Gasteiger partial charge is 0.425 e. The summed E-state index contributed by atoms with van der Waals surface area (Å²) in [5, 5.41) is 9.30. The summed E-state index contributed by atoms with van der Waals surface area (Å²) in [6.45, 7) is 2.30. The first-order chi connectivity index (χ1) is 12.2. The standard InChI is InChI=1S/C18H16ClFN4O/c19-14-6-7-17(16(20)12-14)23-8-10-24(11-9-23)18(22-13-21)25-15-4-2-1-3-5-15/h1-7,12H,8-11H2/b22-18+. The molecule has 2 aromatic rings. The minimum absolute atomic E-state index is 0.255. The van der Waals surface area contributed by atoms with E-state index >= 15 is 0 Å². The summed E-state index contributed by atoms with van der Waals surface area (Å²) in [4.78, 5) is 7.60. The predicted molar refractivity (Wildman–Crippen MR) is 95.3 cm³/mol. The average Bonchev–Trinajstić information content (AvgIpc) is 2.63. The summed E-state index contributed by atoms with van der Waals surface area (Å²) >= 11 is 5.80. The number of benzene rings is 2. The van der Waals surface area contributed by atoms with Gasteiger partial charge in [-0.2, -0.15) is 5.26 Å². The van der Waals surface area contributed by atoms with E-state index in [0.717, 1.165) is 0 Å². The van der Waals surface area contributed by atoms with Crippen LogP contribution >= 0.6 is 11.6 Å². The van der Waals surface area contributed by atoms with Crippen LogP contribution in [0.2, 0.25) is 5.02 Å². The van der Waals surface area contributed by atoms with Gasteiger partial charge in [-0.15, -0.1) is 4.99 Å². The first-order valence-electron chi connectivity index (χ1n) is 7.82. The van der Waals surface area contributed by atoms with Gasteiger partial charge in [0.05, 0.1) is 5.69 Å². The highest BCUT2D eigenvalue weighted by Gasteiger charge is 2.23. The quantitative estimate of drug-likeness (QED) is 0.468. The van der Waals surface area contributed by atoms with E-state index in [1.165, 1.54) is 6.07 Å². The summed E-state index contributed by atoms with van der Waals surface area (Å²) in [7, 11) is 0. The van der Waals surface area contributed by atoms with Crippen molar-refractivity contribution in [1.82, 2.24) is 4.90 Å². The highest BCUT2D eigenvalue weighted by Crippen LogP contribution is 2.24. The molecule has 128 valence electrons. The maximum absolute atomic E-state index is 14.1. The molecule has 0 atom stereocenters. The second-order valence-electron chi connectivity index (χ2n) is 5.48. The maximum atomic E-state index is 14.1. The van der Waals surface area contributed by atoms with Crippen molar-refractivity contribution in [3.8, 4) is 11.9 Å². The molecule has 0 spiro atoms. The van der Waals surface area contributed by atoms with Crippen LogP contribution < -0.4 is 9.64 Å². The normalized spacial score (nSPS) is 15.0. The fourth-order valence-corrected chi connectivity index (χ4v) is 2.83. The second kappa shape index (κ2) is 7.86. The summed E-state index contributed by atoms with van der Waals surface area (Å²) in [6, 6.07) is 14.1. The molecule has 2 aromatic carbocycles. The molecule has 5 nitrogen and oxygen atoms in total. The number of nitrogens with zero attached hydrogens (tertiary/aromatic N) is 4. The van der Waals surface area contributed by atoms with Crippen molar-refractivity contribution in [3.05, 3.63) is 59.4 Å². The summed E-state index contributed by atoms with van der Waals surface area (Å²) in [5.74, 6) is 0.273. The third-order valence-corrected chi connectivity index (χ3v) is 4.13. The van der Waals surface area contributed by atoms with Crippen molar-refractivity contribution >= 4 is 23.3 Å². The van der Waals surface area contributed by atoms with E-state index < -0.39 is 0 Å². The molecule has 7 heteroatoms. The molecule has 0 aromatic heterocycles. The fourth-order valence-electron chi connectivity index (χ4n) is 2.67. The summed E-state index contributed by atoms with van der Waals surface area (Å²) in [6.07, 6.45) is 1.78. The molecule has 1 aliphatic heterocycles. The van der Waals surface area contributed by atoms with Crippen LogP contribution in [-0.2, 0) is 0 Å². The minimum atomic E-state index is -0.340. The van der Waals surface area contributed by atoms with Gasteiger partial charge in [-0.25, -0.2) is 4.39 Å². The molecular formula is C18H16ClFN4O. The number of ether oxygens (including phenoxy) is 1. The Balaban J connectivity index is 1.67. The molecule has 25 heavy (non-hydrogen) atoms. The topological polar surface area (TPSA) is 51.9 Å². The van der Waals surface area contributed by atoms with E-state index in [2.05, 4.69) is 4.99 Å². The van der Waals surface area contributed by atoms with Gasteiger partial charge >= 0.3 is 6.02 Å². The number of hydrogen-bond acceptors (Lipinski definition) is 4.